The number of nitrogens with zero attached hydrogens (tertiary/aromatic N) is 1. The highest BCUT2D eigenvalue weighted by atomic mass is 15.3. The standard InChI is InChI=1S/C47H98N/c1-5-9-13-17-21-25-29-33-37-41-45-48(44-40-36-32-28-24-20-16-12-8-4,46-42-38-34-30-26-22-18-14-10-6-2)47-43-39-35-31-27-23-19-15-11-7-3/h5-47H2,1-4H3/q+1. The minimum absolute atomic E-state index is 1.37. The van der Waals surface area contributed by atoms with Crippen molar-refractivity contribution in [3.05, 3.63) is 0 Å². The molecular weight excluding hydrogens is 579 g/mol. The van der Waals surface area contributed by atoms with Gasteiger partial charge < -0.3 is 4.48 Å². The normalized spacial score (nSPS) is 12.0. The molecule has 0 aromatic carbocycles. The maximum Gasteiger partial charge on any atom is 0.0786 e. The second-order valence-corrected chi connectivity index (χ2v) is 16.6. The van der Waals surface area contributed by atoms with Gasteiger partial charge in [0, 0.05) is 0 Å². The van der Waals surface area contributed by atoms with Crippen molar-refractivity contribution in [2.45, 2.75) is 278 Å². The summed E-state index contributed by atoms with van der Waals surface area (Å²) in [4.78, 5) is 0. The maximum atomic E-state index is 2.34. The minimum atomic E-state index is 1.37. The first-order valence-corrected chi connectivity index (χ1v) is 23.6. The molecule has 0 saturated carbocycles. The van der Waals surface area contributed by atoms with Crippen LogP contribution in [0.3, 0.4) is 0 Å². The lowest BCUT2D eigenvalue weighted by Gasteiger charge is -2.40. The fourth-order valence-corrected chi connectivity index (χ4v) is 8.23. The van der Waals surface area contributed by atoms with Gasteiger partial charge in [0.2, 0.25) is 0 Å². The van der Waals surface area contributed by atoms with Crippen molar-refractivity contribution in [3.8, 4) is 0 Å². The van der Waals surface area contributed by atoms with Gasteiger partial charge in [0.05, 0.1) is 26.2 Å². The van der Waals surface area contributed by atoms with Crippen molar-refractivity contribution in [2.75, 3.05) is 26.2 Å². The van der Waals surface area contributed by atoms with Crippen LogP contribution >= 0.6 is 0 Å². The number of rotatable bonds is 43. The second-order valence-electron chi connectivity index (χ2n) is 16.6. The van der Waals surface area contributed by atoms with Crippen molar-refractivity contribution < 1.29 is 4.48 Å². The Morgan fingerprint density at radius 3 is 0.438 bits per heavy atom. The summed E-state index contributed by atoms with van der Waals surface area (Å²) in [7, 11) is 0. The van der Waals surface area contributed by atoms with Gasteiger partial charge in [-0.1, -0.05) is 227 Å². The molecular formula is C47H98N+. The Morgan fingerprint density at radius 1 is 0.167 bits per heavy atom. The Kier molecular flexibility index (Phi) is 41.3. The van der Waals surface area contributed by atoms with Crippen LogP contribution in [0.15, 0.2) is 0 Å². The molecule has 1 nitrogen and oxygen atoms in total. The van der Waals surface area contributed by atoms with E-state index in [-0.39, 0.29) is 0 Å². The molecule has 48 heavy (non-hydrogen) atoms. The third-order valence-corrected chi connectivity index (χ3v) is 11.7. The summed E-state index contributed by atoms with van der Waals surface area (Å²) in [5, 5.41) is 0. The minimum Gasteiger partial charge on any atom is -0.324 e. The summed E-state index contributed by atoms with van der Waals surface area (Å²) in [6.07, 6.45) is 57.2. The van der Waals surface area contributed by atoms with Crippen LogP contribution in [-0.4, -0.2) is 30.7 Å². The molecule has 0 fully saturated rings. The SMILES string of the molecule is CCCCCCCCCCCC[N+](CCCCCCCCCCC)(CCCCCCCCCCCC)CCCCCCCCCCCC. The molecule has 0 aromatic rings. The highest BCUT2D eigenvalue weighted by Gasteiger charge is 2.25. The predicted molar refractivity (Wildman–Crippen MR) is 222 cm³/mol. The van der Waals surface area contributed by atoms with Gasteiger partial charge in [0.1, 0.15) is 0 Å². The van der Waals surface area contributed by atoms with Gasteiger partial charge in [0.25, 0.3) is 0 Å². The summed E-state index contributed by atoms with van der Waals surface area (Å²) in [5.41, 5.74) is 0. The zero-order chi connectivity index (χ0) is 34.9. The molecule has 0 aliphatic rings. The monoisotopic (exact) mass is 677 g/mol. The third-order valence-electron chi connectivity index (χ3n) is 11.7. The quantitative estimate of drug-likeness (QED) is 0.0445. The molecule has 0 aliphatic heterocycles. The molecule has 1 heteroatoms. The first kappa shape index (κ1) is 48.0. The van der Waals surface area contributed by atoms with E-state index in [9.17, 15) is 0 Å². The lowest BCUT2D eigenvalue weighted by molar-refractivity contribution is -0.929. The van der Waals surface area contributed by atoms with Crippen LogP contribution in [-0.2, 0) is 0 Å². The van der Waals surface area contributed by atoms with Crippen LogP contribution in [0.5, 0.6) is 0 Å². The van der Waals surface area contributed by atoms with E-state index < -0.39 is 0 Å². The van der Waals surface area contributed by atoms with Crippen molar-refractivity contribution in [3.63, 3.8) is 0 Å². The van der Waals surface area contributed by atoms with Gasteiger partial charge in [-0.3, -0.25) is 0 Å². The number of quaternary nitrogens is 1. The van der Waals surface area contributed by atoms with Gasteiger partial charge in [-0.2, -0.15) is 0 Å². The van der Waals surface area contributed by atoms with Gasteiger partial charge in [-0.25, -0.2) is 0 Å². The highest BCUT2D eigenvalue weighted by Crippen LogP contribution is 2.22. The second kappa shape index (κ2) is 41.4. The van der Waals surface area contributed by atoms with Crippen LogP contribution < -0.4 is 0 Å². The molecule has 0 spiro atoms. The summed E-state index contributed by atoms with van der Waals surface area (Å²) >= 11 is 0. The third kappa shape index (κ3) is 35.8. The lowest BCUT2D eigenvalue weighted by atomic mass is 10.0. The first-order chi connectivity index (χ1) is 23.7. The molecule has 0 atom stereocenters. The number of hydrogen-bond acceptors (Lipinski definition) is 0. The van der Waals surface area contributed by atoms with E-state index in [1.165, 1.54) is 281 Å². The number of unbranched alkanes of at least 4 members (excludes halogenated alkanes) is 35. The Bertz CT molecular complexity index is 495. The molecule has 0 unspecified atom stereocenters. The van der Waals surface area contributed by atoms with Crippen LogP contribution in [0.4, 0.5) is 0 Å². The molecule has 0 N–H and O–H groups in total. The van der Waals surface area contributed by atoms with E-state index in [2.05, 4.69) is 27.7 Å². The molecule has 0 saturated heterocycles. The van der Waals surface area contributed by atoms with Crippen molar-refractivity contribution in [2.24, 2.45) is 0 Å². The zero-order valence-electron chi connectivity index (χ0n) is 34.9. The first-order valence-electron chi connectivity index (χ1n) is 23.6. The van der Waals surface area contributed by atoms with Crippen LogP contribution in [0.1, 0.15) is 278 Å². The van der Waals surface area contributed by atoms with Gasteiger partial charge in [-0.05, 0) is 51.4 Å². The number of hydrogen-bond donors (Lipinski definition) is 0. The molecule has 0 aromatic heterocycles. The molecule has 0 radical (unpaired) electrons. The van der Waals surface area contributed by atoms with Crippen LogP contribution in [0, 0.1) is 0 Å². The largest absolute Gasteiger partial charge is 0.324 e. The predicted octanol–water partition coefficient (Wildman–Crippen LogP) is 17.1. The van der Waals surface area contributed by atoms with E-state index in [1.54, 1.807) is 0 Å². The van der Waals surface area contributed by atoms with Crippen molar-refractivity contribution >= 4 is 0 Å². The fraction of sp³-hybridized carbons (Fsp3) is 1.00. The Labute approximate surface area is 307 Å². The Hall–Kier alpha value is -0.0400. The molecule has 0 rings (SSSR count). The van der Waals surface area contributed by atoms with E-state index in [0.29, 0.717) is 0 Å². The van der Waals surface area contributed by atoms with Gasteiger partial charge >= 0.3 is 0 Å². The lowest BCUT2D eigenvalue weighted by Crippen LogP contribution is -2.50. The topological polar surface area (TPSA) is 0 Å². The summed E-state index contributed by atoms with van der Waals surface area (Å²) in [5.74, 6) is 0. The zero-order valence-corrected chi connectivity index (χ0v) is 34.9. The smallest absolute Gasteiger partial charge is 0.0786 e. The van der Waals surface area contributed by atoms with Gasteiger partial charge in [0.15, 0.2) is 0 Å². The van der Waals surface area contributed by atoms with Crippen LogP contribution in [0.2, 0.25) is 0 Å². The average Bonchev–Trinajstić information content (AvgIpc) is 3.10. The molecule has 0 bridgehead atoms. The van der Waals surface area contributed by atoms with E-state index >= 15 is 0 Å². The Balaban J connectivity index is 4.86. The van der Waals surface area contributed by atoms with Crippen molar-refractivity contribution in [1.29, 1.82) is 0 Å². The Morgan fingerprint density at radius 2 is 0.292 bits per heavy atom. The molecule has 0 aliphatic carbocycles. The molecule has 0 heterocycles. The maximum absolute atomic E-state index is 2.34. The van der Waals surface area contributed by atoms with Gasteiger partial charge in [-0.15, -0.1) is 0 Å². The molecule has 0 amide bonds. The van der Waals surface area contributed by atoms with E-state index in [0.717, 1.165) is 0 Å². The van der Waals surface area contributed by atoms with E-state index in [4.69, 9.17) is 0 Å². The van der Waals surface area contributed by atoms with Crippen molar-refractivity contribution in [1.82, 2.24) is 0 Å². The molecule has 290 valence electrons. The summed E-state index contributed by atoms with van der Waals surface area (Å²) in [6, 6.07) is 0. The fourth-order valence-electron chi connectivity index (χ4n) is 8.23. The average molecular weight is 677 g/mol. The summed E-state index contributed by atoms with van der Waals surface area (Å²) in [6.45, 7) is 15.3. The highest BCUT2D eigenvalue weighted by molar-refractivity contribution is 4.56. The van der Waals surface area contributed by atoms with Crippen LogP contribution in [0.25, 0.3) is 0 Å². The van der Waals surface area contributed by atoms with E-state index in [1.807, 2.05) is 0 Å². The summed E-state index contributed by atoms with van der Waals surface area (Å²) < 4.78 is 1.49.